The summed E-state index contributed by atoms with van der Waals surface area (Å²) in [5.74, 6) is -1.98. The Morgan fingerprint density at radius 2 is 1.90 bits per heavy atom. The van der Waals surface area contributed by atoms with E-state index in [0.717, 1.165) is 37.5 Å². The maximum Gasteiger partial charge on any atom is 0.337 e. The molecule has 0 radical (unpaired) electrons. The molecule has 1 aliphatic carbocycles. The van der Waals surface area contributed by atoms with Crippen molar-refractivity contribution in [2.75, 3.05) is 4.72 Å². The van der Waals surface area contributed by atoms with Gasteiger partial charge in [0.05, 0.1) is 16.5 Å². The predicted molar refractivity (Wildman–Crippen MR) is 72.8 cm³/mol. The van der Waals surface area contributed by atoms with Gasteiger partial charge in [-0.15, -0.1) is 0 Å². The average molecular weight is 301 g/mol. The van der Waals surface area contributed by atoms with E-state index >= 15 is 0 Å². The molecule has 0 aromatic heterocycles. The third kappa shape index (κ3) is 3.27. The van der Waals surface area contributed by atoms with Crippen LogP contribution in [0.1, 0.15) is 42.5 Å². The molecule has 5 nitrogen and oxygen atoms in total. The van der Waals surface area contributed by atoms with Crippen molar-refractivity contribution < 1.29 is 22.7 Å². The van der Waals surface area contributed by atoms with E-state index in [0.29, 0.717) is 12.8 Å². The van der Waals surface area contributed by atoms with Gasteiger partial charge in [0.1, 0.15) is 5.82 Å². The lowest BCUT2D eigenvalue weighted by atomic mass is 10.0. The topological polar surface area (TPSA) is 83.5 Å². The zero-order valence-corrected chi connectivity index (χ0v) is 11.6. The first kappa shape index (κ1) is 14.8. The molecule has 0 heterocycles. The van der Waals surface area contributed by atoms with Crippen molar-refractivity contribution in [3.63, 3.8) is 0 Å². The molecule has 1 aromatic rings. The number of carboxylic acids is 1. The molecule has 1 aromatic carbocycles. The molecule has 110 valence electrons. The molecule has 20 heavy (non-hydrogen) atoms. The van der Waals surface area contributed by atoms with Crippen molar-refractivity contribution in [3.8, 4) is 0 Å². The fraction of sp³-hybridized carbons (Fsp3) is 0.462. The van der Waals surface area contributed by atoms with E-state index in [4.69, 9.17) is 5.11 Å². The molecule has 1 aliphatic rings. The monoisotopic (exact) mass is 301 g/mol. The Kier molecular flexibility index (Phi) is 4.27. The molecule has 0 aliphatic heterocycles. The van der Waals surface area contributed by atoms with Gasteiger partial charge in [-0.05, 0) is 31.0 Å². The Balaban J connectivity index is 2.28. The van der Waals surface area contributed by atoms with Crippen molar-refractivity contribution >= 4 is 21.7 Å². The Bertz CT molecular complexity index is 609. The highest BCUT2D eigenvalue weighted by Crippen LogP contribution is 2.26. The van der Waals surface area contributed by atoms with E-state index in [1.807, 2.05) is 0 Å². The van der Waals surface area contributed by atoms with Crippen LogP contribution in [0, 0.1) is 5.82 Å². The molecule has 1 saturated carbocycles. The van der Waals surface area contributed by atoms with E-state index < -0.39 is 27.1 Å². The summed E-state index contributed by atoms with van der Waals surface area (Å²) in [4.78, 5) is 11.0. The van der Waals surface area contributed by atoms with Crippen molar-refractivity contribution in [1.29, 1.82) is 0 Å². The Morgan fingerprint density at radius 1 is 1.25 bits per heavy atom. The summed E-state index contributed by atoms with van der Waals surface area (Å²) in [6.07, 6.45) is 3.77. The van der Waals surface area contributed by atoms with Gasteiger partial charge in [0.2, 0.25) is 10.0 Å². The van der Waals surface area contributed by atoms with Crippen LogP contribution in [0.15, 0.2) is 18.2 Å². The molecule has 0 saturated heterocycles. The van der Waals surface area contributed by atoms with Gasteiger partial charge in [0.15, 0.2) is 0 Å². The number of sulfonamides is 1. The van der Waals surface area contributed by atoms with Crippen molar-refractivity contribution in [1.82, 2.24) is 0 Å². The minimum Gasteiger partial charge on any atom is -0.478 e. The minimum atomic E-state index is -3.69. The van der Waals surface area contributed by atoms with Gasteiger partial charge in [-0.1, -0.05) is 19.3 Å². The summed E-state index contributed by atoms with van der Waals surface area (Å²) in [6, 6.07) is 2.93. The summed E-state index contributed by atoms with van der Waals surface area (Å²) < 4.78 is 39.9. The van der Waals surface area contributed by atoms with E-state index in [1.54, 1.807) is 0 Å². The molecule has 0 spiro atoms. The lowest BCUT2D eigenvalue weighted by Gasteiger charge is -2.22. The number of hydrogen-bond acceptors (Lipinski definition) is 3. The quantitative estimate of drug-likeness (QED) is 0.895. The molecule has 2 N–H and O–H groups in total. The maximum absolute atomic E-state index is 13.2. The second-order valence-electron chi connectivity index (χ2n) is 4.90. The summed E-state index contributed by atoms with van der Waals surface area (Å²) in [6.45, 7) is 0. The number of aromatic carboxylic acids is 1. The number of anilines is 1. The Labute approximate surface area is 116 Å². The summed E-state index contributed by atoms with van der Waals surface area (Å²) in [5, 5.41) is 8.47. The van der Waals surface area contributed by atoms with Crippen molar-refractivity contribution in [2.24, 2.45) is 0 Å². The fourth-order valence-corrected chi connectivity index (χ4v) is 4.00. The van der Waals surface area contributed by atoms with Gasteiger partial charge < -0.3 is 5.11 Å². The van der Waals surface area contributed by atoms with E-state index in [9.17, 15) is 17.6 Å². The van der Waals surface area contributed by atoms with Gasteiger partial charge in [0.25, 0.3) is 0 Å². The number of benzene rings is 1. The molecule has 0 atom stereocenters. The van der Waals surface area contributed by atoms with Gasteiger partial charge in [-0.2, -0.15) is 0 Å². The van der Waals surface area contributed by atoms with Crippen LogP contribution in [-0.2, 0) is 10.0 Å². The lowest BCUT2D eigenvalue weighted by Crippen LogP contribution is -2.30. The van der Waals surface area contributed by atoms with Crippen molar-refractivity contribution in [3.05, 3.63) is 29.6 Å². The van der Waals surface area contributed by atoms with Gasteiger partial charge in [-0.3, -0.25) is 4.72 Å². The highest BCUT2D eigenvalue weighted by molar-refractivity contribution is 7.93. The molecule has 0 amide bonds. The lowest BCUT2D eigenvalue weighted by molar-refractivity contribution is 0.0698. The highest BCUT2D eigenvalue weighted by atomic mass is 32.2. The van der Waals surface area contributed by atoms with Crippen LogP contribution in [0.2, 0.25) is 0 Å². The zero-order chi connectivity index (χ0) is 14.8. The zero-order valence-electron chi connectivity index (χ0n) is 10.8. The fourth-order valence-electron chi connectivity index (χ4n) is 2.40. The summed E-state index contributed by atoms with van der Waals surface area (Å²) in [5.41, 5.74) is -0.478. The predicted octanol–water partition coefficient (Wildman–Crippen LogP) is 2.60. The van der Waals surface area contributed by atoms with Crippen LogP contribution < -0.4 is 4.72 Å². The summed E-state index contributed by atoms with van der Waals surface area (Å²) in [7, 11) is -3.69. The number of nitrogens with one attached hydrogen (secondary N) is 1. The first-order chi connectivity index (χ1) is 9.40. The van der Waals surface area contributed by atoms with Gasteiger partial charge >= 0.3 is 5.97 Å². The van der Waals surface area contributed by atoms with Crippen molar-refractivity contribution in [2.45, 2.75) is 37.4 Å². The van der Waals surface area contributed by atoms with Gasteiger partial charge in [-0.25, -0.2) is 17.6 Å². The molecule has 1 fully saturated rings. The average Bonchev–Trinajstić information content (AvgIpc) is 2.39. The highest BCUT2D eigenvalue weighted by Gasteiger charge is 2.28. The minimum absolute atomic E-state index is 0.219. The number of rotatable bonds is 4. The van der Waals surface area contributed by atoms with E-state index in [1.165, 1.54) is 0 Å². The number of hydrogen-bond donors (Lipinski definition) is 2. The van der Waals surface area contributed by atoms with Crippen LogP contribution in [0.25, 0.3) is 0 Å². The Morgan fingerprint density at radius 3 is 2.50 bits per heavy atom. The molecular formula is C13H16FNO4S. The largest absolute Gasteiger partial charge is 0.478 e. The first-order valence-electron chi connectivity index (χ1n) is 6.44. The third-order valence-corrected chi connectivity index (χ3v) is 5.31. The second kappa shape index (κ2) is 5.78. The summed E-state index contributed by atoms with van der Waals surface area (Å²) >= 11 is 0. The molecule has 0 bridgehead atoms. The normalized spacial score (nSPS) is 16.9. The third-order valence-electron chi connectivity index (χ3n) is 3.46. The van der Waals surface area contributed by atoms with Crippen LogP contribution in [-0.4, -0.2) is 24.7 Å². The van der Waals surface area contributed by atoms with Crippen LogP contribution >= 0.6 is 0 Å². The number of carboxylic acid groups (broad SMARTS) is 1. The van der Waals surface area contributed by atoms with E-state index in [-0.39, 0.29) is 11.3 Å². The first-order valence-corrected chi connectivity index (χ1v) is 7.99. The SMILES string of the molecule is O=C(O)c1ccc(F)cc1NS(=O)(=O)C1CCCCC1. The number of carbonyl (C=O) groups is 1. The molecule has 2 rings (SSSR count). The van der Waals surface area contributed by atoms with Crippen LogP contribution in [0.5, 0.6) is 0 Å². The van der Waals surface area contributed by atoms with Gasteiger partial charge in [0, 0.05) is 0 Å². The smallest absolute Gasteiger partial charge is 0.337 e. The molecule has 0 unspecified atom stereocenters. The molecule has 7 heteroatoms. The van der Waals surface area contributed by atoms with Crippen LogP contribution in [0.3, 0.4) is 0 Å². The van der Waals surface area contributed by atoms with Crippen LogP contribution in [0.4, 0.5) is 10.1 Å². The molecular weight excluding hydrogens is 285 g/mol. The standard InChI is InChI=1S/C13H16FNO4S/c14-9-6-7-11(13(16)17)12(8-9)15-20(18,19)10-4-2-1-3-5-10/h6-8,10,15H,1-5H2,(H,16,17). The number of halogens is 1. The van der Waals surface area contributed by atoms with E-state index in [2.05, 4.69) is 4.72 Å². The second-order valence-corrected chi connectivity index (χ2v) is 6.86. The Hall–Kier alpha value is -1.63. The maximum atomic E-state index is 13.2.